The molecule has 0 radical (unpaired) electrons. The van der Waals surface area contributed by atoms with Crippen LogP contribution < -0.4 is 0 Å². The fraction of sp³-hybridized carbons (Fsp3) is 0.800. The Morgan fingerprint density at radius 2 is 1.58 bits per heavy atom. The van der Waals surface area contributed by atoms with Crippen molar-refractivity contribution in [1.29, 1.82) is 0 Å². The summed E-state index contributed by atoms with van der Waals surface area (Å²) in [6, 6.07) is 0. The van der Waals surface area contributed by atoms with Crippen LogP contribution in [0.15, 0.2) is 12.2 Å². The van der Waals surface area contributed by atoms with Gasteiger partial charge in [-0.05, 0) is 38.2 Å². The van der Waals surface area contributed by atoms with Gasteiger partial charge in [-0.15, -0.1) is 0 Å². The summed E-state index contributed by atoms with van der Waals surface area (Å²) in [7, 11) is 0. The molecule has 0 aromatic carbocycles. The zero-order chi connectivity index (χ0) is 18.0. The van der Waals surface area contributed by atoms with Gasteiger partial charge in [-0.25, -0.2) is 0 Å². The van der Waals surface area contributed by atoms with Gasteiger partial charge >= 0.3 is 11.9 Å². The highest BCUT2D eigenvalue weighted by Crippen LogP contribution is 2.12. The molecular formula is C20H36O4. The third kappa shape index (κ3) is 17.0. The first kappa shape index (κ1) is 22.7. The van der Waals surface area contributed by atoms with Crippen LogP contribution >= 0.6 is 0 Å². The Morgan fingerprint density at radius 3 is 2.25 bits per heavy atom. The van der Waals surface area contributed by atoms with Crippen LogP contribution in [-0.2, 0) is 14.3 Å². The fourth-order valence-corrected chi connectivity index (χ4v) is 2.67. The van der Waals surface area contributed by atoms with E-state index in [2.05, 4.69) is 13.0 Å². The van der Waals surface area contributed by atoms with Gasteiger partial charge < -0.3 is 9.84 Å². The van der Waals surface area contributed by atoms with Gasteiger partial charge in [0.05, 0.1) is 0 Å². The zero-order valence-electron chi connectivity index (χ0n) is 15.6. The maximum atomic E-state index is 11.2. The van der Waals surface area contributed by atoms with Crippen molar-refractivity contribution in [2.75, 3.05) is 0 Å². The SMILES string of the molecule is CCCCCCCC(C=CCCCCCCCC(=O)O)OC(C)=O. The molecule has 0 rings (SSSR count). The van der Waals surface area contributed by atoms with E-state index in [1.165, 1.54) is 32.6 Å². The van der Waals surface area contributed by atoms with Gasteiger partial charge in [0.15, 0.2) is 0 Å². The van der Waals surface area contributed by atoms with Crippen molar-refractivity contribution in [2.24, 2.45) is 0 Å². The summed E-state index contributed by atoms with van der Waals surface area (Å²) in [5.41, 5.74) is 0. The summed E-state index contributed by atoms with van der Waals surface area (Å²) in [6.45, 7) is 3.67. The molecular weight excluding hydrogens is 304 g/mol. The molecule has 0 spiro atoms. The quantitative estimate of drug-likeness (QED) is 0.224. The Balaban J connectivity index is 3.75. The minimum absolute atomic E-state index is 0.0836. The first-order valence-corrected chi connectivity index (χ1v) is 9.62. The number of carboxylic acids is 1. The lowest BCUT2D eigenvalue weighted by atomic mass is 10.1. The number of carbonyl (C=O) groups is 2. The average Bonchev–Trinajstić information content (AvgIpc) is 2.51. The lowest BCUT2D eigenvalue weighted by Crippen LogP contribution is -2.13. The first-order chi connectivity index (χ1) is 11.6. The molecule has 0 saturated heterocycles. The number of allylic oxidation sites excluding steroid dienone is 1. The Hall–Kier alpha value is -1.32. The Labute approximate surface area is 147 Å². The number of rotatable bonds is 16. The summed E-state index contributed by atoms with van der Waals surface area (Å²) >= 11 is 0. The van der Waals surface area contributed by atoms with Gasteiger partial charge in [-0.1, -0.05) is 57.9 Å². The van der Waals surface area contributed by atoms with E-state index in [9.17, 15) is 9.59 Å². The summed E-state index contributed by atoms with van der Waals surface area (Å²) in [6.07, 6.45) is 17.4. The van der Waals surface area contributed by atoms with E-state index in [4.69, 9.17) is 9.84 Å². The maximum absolute atomic E-state index is 11.2. The van der Waals surface area contributed by atoms with Crippen molar-refractivity contribution in [3.05, 3.63) is 12.2 Å². The predicted molar refractivity (Wildman–Crippen MR) is 98.0 cm³/mol. The molecule has 4 heteroatoms. The molecule has 1 N–H and O–H groups in total. The molecule has 4 nitrogen and oxygen atoms in total. The third-order valence-electron chi connectivity index (χ3n) is 4.02. The van der Waals surface area contributed by atoms with Crippen LogP contribution in [0, 0.1) is 0 Å². The van der Waals surface area contributed by atoms with Crippen LogP contribution in [0.3, 0.4) is 0 Å². The molecule has 0 heterocycles. The number of carboxylic acid groups (broad SMARTS) is 1. The minimum atomic E-state index is -0.704. The van der Waals surface area contributed by atoms with Gasteiger partial charge in [0.2, 0.25) is 0 Å². The van der Waals surface area contributed by atoms with Crippen molar-refractivity contribution in [3.63, 3.8) is 0 Å². The summed E-state index contributed by atoms with van der Waals surface area (Å²) < 4.78 is 5.36. The van der Waals surface area contributed by atoms with Crippen LogP contribution in [0.2, 0.25) is 0 Å². The summed E-state index contributed by atoms with van der Waals surface area (Å²) in [5.74, 6) is -0.916. The van der Waals surface area contributed by atoms with Crippen LogP contribution in [0.25, 0.3) is 0 Å². The minimum Gasteiger partial charge on any atom is -0.481 e. The molecule has 0 amide bonds. The number of esters is 1. The van der Waals surface area contributed by atoms with Gasteiger partial charge in [0.1, 0.15) is 6.10 Å². The highest BCUT2D eigenvalue weighted by molar-refractivity contribution is 5.66. The second kappa shape index (κ2) is 16.5. The Bertz CT molecular complexity index is 350. The molecule has 24 heavy (non-hydrogen) atoms. The Kier molecular flexibility index (Phi) is 15.6. The molecule has 1 unspecified atom stereocenters. The highest BCUT2D eigenvalue weighted by Gasteiger charge is 2.07. The van der Waals surface area contributed by atoms with Crippen LogP contribution in [0.5, 0.6) is 0 Å². The van der Waals surface area contributed by atoms with E-state index >= 15 is 0 Å². The lowest BCUT2D eigenvalue weighted by molar-refractivity contribution is -0.144. The van der Waals surface area contributed by atoms with Gasteiger partial charge in [-0.2, -0.15) is 0 Å². The van der Waals surface area contributed by atoms with Gasteiger partial charge in [0, 0.05) is 13.3 Å². The second-order valence-electron chi connectivity index (χ2n) is 6.48. The van der Waals surface area contributed by atoms with E-state index in [1.807, 2.05) is 6.08 Å². The topological polar surface area (TPSA) is 63.6 Å². The first-order valence-electron chi connectivity index (χ1n) is 9.62. The largest absolute Gasteiger partial charge is 0.481 e. The van der Waals surface area contributed by atoms with Crippen molar-refractivity contribution < 1.29 is 19.4 Å². The van der Waals surface area contributed by atoms with E-state index in [0.717, 1.165) is 51.4 Å². The smallest absolute Gasteiger partial charge is 0.303 e. The Morgan fingerprint density at radius 1 is 0.958 bits per heavy atom. The number of unbranched alkanes of at least 4 members (excludes halogenated alkanes) is 9. The van der Waals surface area contributed by atoms with E-state index in [-0.39, 0.29) is 18.5 Å². The van der Waals surface area contributed by atoms with Crippen molar-refractivity contribution in [1.82, 2.24) is 0 Å². The number of hydrogen-bond acceptors (Lipinski definition) is 3. The summed E-state index contributed by atoms with van der Waals surface area (Å²) in [4.78, 5) is 21.6. The predicted octanol–water partition coefficient (Wildman–Crippen LogP) is 5.65. The molecule has 140 valence electrons. The van der Waals surface area contributed by atoms with Crippen LogP contribution in [0.4, 0.5) is 0 Å². The van der Waals surface area contributed by atoms with Gasteiger partial charge in [0.25, 0.3) is 0 Å². The van der Waals surface area contributed by atoms with Crippen molar-refractivity contribution in [3.8, 4) is 0 Å². The highest BCUT2D eigenvalue weighted by atomic mass is 16.5. The number of hydrogen-bond donors (Lipinski definition) is 1. The summed E-state index contributed by atoms with van der Waals surface area (Å²) in [5, 5.41) is 8.56. The normalized spacial score (nSPS) is 12.4. The monoisotopic (exact) mass is 340 g/mol. The number of carbonyl (C=O) groups excluding carboxylic acids is 1. The molecule has 1 atom stereocenters. The van der Waals surface area contributed by atoms with E-state index in [1.54, 1.807) is 0 Å². The van der Waals surface area contributed by atoms with E-state index in [0.29, 0.717) is 0 Å². The average molecular weight is 341 g/mol. The molecule has 0 aliphatic carbocycles. The molecule has 0 aliphatic heterocycles. The number of ether oxygens (including phenoxy) is 1. The van der Waals surface area contributed by atoms with Crippen LogP contribution in [-0.4, -0.2) is 23.1 Å². The van der Waals surface area contributed by atoms with Crippen molar-refractivity contribution >= 4 is 11.9 Å². The molecule has 0 aliphatic rings. The lowest BCUT2D eigenvalue weighted by Gasteiger charge is -2.13. The molecule has 0 aromatic rings. The fourth-order valence-electron chi connectivity index (χ4n) is 2.67. The van der Waals surface area contributed by atoms with Crippen LogP contribution in [0.1, 0.15) is 97.3 Å². The molecule has 0 bridgehead atoms. The van der Waals surface area contributed by atoms with Gasteiger partial charge in [-0.3, -0.25) is 9.59 Å². The zero-order valence-corrected chi connectivity index (χ0v) is 15.6. The second-order valence-corrected chi connectivity index (χ2v) is 6.48. The number of aliphatic carboxylic acids is 1. The standard InChI is InChI=1S/C20H36O4/c1-3-4-5-9-12-15-19(24-18(2)21)16-13-10-7-6-8-11-14-17-20(22)23/h13,16,19H,3-12,14-15,17H2,1-2H3,(H,22,23). The molecule has 0 fully saturated rings. The maximum Gasteiger partial charge on any atom is 0.303 e. The molecule has 0 saturated carbocycles. The third-order valence-corrected chi connectivity index (χ3v) is 4.02. The van der Waals surface area contributed by atoms with E-state index < -0.39 is 5.97 Å². The molecule has 0 aromatic heterocycles. The van der Waals surface area contributed by atoms with Crippen molar-refractivity contribution in [2.45, 2.75) is 103 Å².